The lowest BCUT2D eigenvalue weighted by Gasteiger charge is -2.14. The number of hydrogen-bond donors (Lipinski definition) is 1. The molecule has 2 aromatic rings. The van der Waals surface area contributed by atoms with Crippen molar-refractivity contribution in [2.75, 3.05) is 5.32 Å². The highest BCUT2D eigenvalue weighted by Gasteiger charge is 2.20. The van der Waals surface area contributed by atoms with Crippen molar-refractivity contribution in [3.63, 3.8) is 0 Å². The molecule has 0 spiro atoms. The molecule has 2 nitrogen and oxygen atoms in total. The van der Waals surface area contributed by atoms with Gasteiger partial charge in [0.25, 0.3) is 0 Å². The van der Waals surface area contributed by atoms with E-state index in [-0.39, 0.29) is 10.7 Å². The number of carbonyl (C=O) groups excluding carboxylic acids is 1. The predicted octanol–water partition coefficient (Wildman–Crippen LogP) is 5.03. The molecule has 1 aliphatic heterocycles. The minimum absolute atomic E-state index is 0.0683. The molecule has 0 bridgehead atoms. The van der Waals surface area contributed by atoms with E-state index in [1.807, 2.05) is 6.07 Å². The third-order valence-electron chi connectivity index (χ3n) is 3.28. The van der Waals surface area contributed by atoms with Crippen LogP contribution in [0.25, 0.3) is 0 Å². The number of rotatable bonds is 2. The Labute approximate surface area is 147 Å². The topological polar surface area (TPSA) is 29.1 Å². The van der Waals surface area contributed by atoms with Gasteiger partial charge >= 0.3 is 0 Å². The molecule has 1 heterocycles. The Morgan fingerprint density at radius 1 is 1.20 bits per heavy atom. The first-order valence-corrected chi connectivity index (χ1v) is 8.85. The maximum Gasteiger partial charge on any atom is 0.228 e. The fourth-order valence-corrected chi connectivity index (χ4v) is 4.26. The SMILES string of the molecule is O=C1Cc2cc(C(Br)c3cc(I)ccc3Br)ccc2N1. The molecule has 2 aromatic carbocycles. The van der Waals surface area contributed by atoms with Crippen molar-refractivity contribution in [2.45, 2.75) is 11.2 Å². The van der Waals surface area contributed by atoms with E-state index in [9.17, 15) is 4.79 Å². The quantitative estimate of drug-likeness (QED) is 0.449. The zero-order chi connectivity index (χ0) is 14.3. The fourth-order valence-electron chi connectivity index (χ4n) is 2.30. The van der Waals surface area contributed by atoms with Crippen LogP contribution in [0.5, 0.6) is 0 Å². The molecule has 1 unspecified atom stereocenters. The first-order valence-electron chi connectivity index (χ1n) is 6.06. The number of carbonyl (C=O) groups is 1. The largest absolute Gasteiger partial charge is 0.326 e. The van der Waals surface area contributed by atoms with E-state index in [1.165, 1.54) is 9.13 Å². The summed E-state index contributed by atoms with van der Waals surface area (Å²) in [5.74, 6) is 0.0683. The van der Waals surface area contributed by atoms with E-state index in [0.29, 0.717) is 6.42 Å². The van der Waals surface area contributed by atoms with Crippen LogP contribution in [0.1, 0.15) is 21.5 Å². The molecule has 5 heteroatoms. The average molecular weight is 507 g/mol. The Kier molecular flexibility index (Phi) is 4.19. The Hall–Kier alpha value is -0.400. The van der Waals surface area contributed by atoms with Crippen molar-refractivity contribution in [3.05, 3.63) is 61.1 Å². The Bertz CT molecular complexity index is 702. The normalized spacial score (nSPS) is 14.8. The Morgan fingerprint density at radius 2 is 2.00 bits per heavy atom. The number of benzene rings is 2. The maximum absolute atomic E-state index is 11.4. The molecule has 20 heavy (non-hydrogen) atoms. The summed E-state index contributed by atoms with van der Waals surface area (Å²) in [6.45, 7) is 0. The van der Waals surface area contributed by atoms with Gasteiger partial charge in [0.15, 0.2) is 0 Å². The number of alkyl halides is 1. The first-order chi connectivity index (χ1) is 9.54. The second-order valence-electron chi connectivity index (χ2n) is 4.67. The second-order valence-corrected chi connectivity index (χ2v) is 7.69. The molecule has 3 rings (SSSR count). The molecule has 0 aromatic heterocycles. The third kappa shape index (κ3) is 2.80. The fraction of sp³-hybridized carbons (Fsp3) is 0.133. The molecule has 0 saturated heterocycles. The molecule has 1 amide bonds. The Balaban J connectivity index is 1.99. The van der Waals surface area contributed by atoms with Crippen LogP contribution in [0, 0.1) is 3.57 Å². The molecule has 1 aliphatic rings. The summed E-state index contributed by atoms with van der Waals surface area (Å²) >= 11 is 9.67. The van der Waals surface area contributed by atoms with E-state index in [1.54, 1.807) is 0 Å². The number of hydrogen-bond acceptors (Lipinski definition) is 1. The molecule has 0 fully saturated rings. The highest BCUT2D eigenvalue weighted by molar-refractivity contribution is 14.1. The molecule has 1 atom stereocenters. The zero-order valence-corrected chi connectivity index (χ0v) is 15.6. The van der Waals surface area contributed by atoms with Gasteiger partial charge in [-0.3, -0.25) is 4.79 Å². The van der Waals surface area contributed by atoms with Crippen molar-refractivity contribution in [1.82, 2.24) is 0 Å². The van der Waals surface area contributed by atoms with Crippen LogP contribution in [0.3, 0.4) is 0 Å². The lowest BCUT2D eigenvalue weighted by atomic mass is 10.0. The van der Waals surface area contributed by atoms with Crippen molar-refractivity contribution < 1.29 is 4.79 Å². The van der Waals surface area contributed by atoms with Crippen molar-refractivity contribution >= 4 is 66.0 Å². The van der Waals surface area contributed by atoms with Crippen molar-refractivity contribution in [2.24, 2.45) is 0 Å². The van der Waals surface area contributed by atoms with Gasteiger partial charge in [-0.15, -0.1) is 0 Å². The lowest BCUT2D eigenvalue weighted by molar-refractivity contribution is -0.115. The summed E-state index contributed by atoms with van der Waals surface area (Å²) in [5.41, 5.74) is 4.34. The molecule has 102 valence electrons. The van der Waals surface area contributed by atoms with Crippen LogP contribution in [0.2, 0.25) is 0 Å². The van der Waals surface area contributed by atoms with Gasteiger partial charge in [0.1, 0.15) is 0 Å². The number of nitrogens with one attached hydrogen (secondary N) is 1. The van der Waals surface area contributed by atoms with Crippen molar-refractivity contribution in [1.29, 1.82) is 0 Å². The number of anilines is 1. The van der Waals surface area contributed by atoms with Crippen LogP contribution in [-0.4, -0.2) is 5.91 Å². The van der Waals surface area contributed by atoms with E-state index < -0.39 is 0 Å². The molecule has 0 saturated carbocycles. The smallest absolute Gasteiger partial charge is 0.228 e. The third-order valence-corrected chi connectivity index (χ3v) is 5.69. The minimum Gasteiger partial charge on any atom is -0.326 e. The van der Waals surface area contributed by atoms with Gasteiger partial charge in [0.05, 0.1) is 11.2 Å². The molecule has 0 aliphatic carbocycles. The molecular formula is C15H10Br2INO. The highest BCUT2D eigenvalue weighted by atomic mass is 127. The van der Waals surface area contributed by atoms with E-state index in [0.717, 1.165) is 21.3 Å². The lowest BCUT2D eigenvalue weighted by Crippen LogP contribution is -2.03. The van der Waals surface area contributed by atoms with Gasteiger partial charge in [-0.25, -0.2) is 0 Å². The summed E-state index contributed by atoms with van der Waals surface area (Å²) in [6.07, 6.45) is 0.469. The summed E-state index contributed by atoms with van der Waals surface area (Å²) in [5, 5.41) is 2.86. The molecule has 0 radical (unpaired) electrons. The van der Waals surface area contributed by atoms with Gasteiger partial charge in [0.2, 0.25) is 5.91 Å². The van der Waals surface area contributed by atoms with Crippen LogP contribution in [0.15, 0.2) is 40.9 Å². The number of fused-ring (bicyclic) bond motifs is 1. The number of amides is 1. The summed E-state index contributed by atoms with van der Waals surface area (Å²) < 4.78 is 2.28. The van der Waals surface area contributed by atoms with Gasteiger partial charge in [-0.1, -0.05) is 44.0 Å². The minimum atomic E-state index is 0.0683. The first kappa shape index (κ1) is 14.5. The van der Waals surface area contributed by atoms with Gasteiger partial charge in [0, 0.05) is 13.7 Å². The predicted molar refractivity (Wildman–Crippen MR) is 96.4 cm³/mol. The van der Waals surface area contributed by atoms with Crippen LogP contribution in [-0.2, 0) is 11.2 Å². The standard InChI is InChI=1S/C15H10Br2INO/c16-12-3-2-10(18)7-11(12)15(17)8-1-4-13-9(5-8)6-14(20)19-13/h1-5,7,15H,6H2,(H,19,20). The molecular weight excluding hydrogens is 497 g/mol. The summed E-state index contributed by atoms with van der Waals surface area (Å²) in [6, 6.07) is 12.4. The van der Waals surface area contributed by atoms with Gasteiger partial charge < -0.3 is 5.32 Å². The van der Waals surface area contributed by atoms with Gasteiger partial charge in [-0.2, -0.15) is 0 Å². The maximum atomic E-state index is 11.4. The summed E-state index contributed by atoms with van der Waals surface area (Å²) in [7, 11) is 0. The average Bonchev–Trinajstić information content (AvgIpc) is 2.79. The summed E-state index contributed by atoms with van der Waals surface area (Å²) in [4.78, 5) is 11.5. The highest BCUT2D eigenvalue weighted by Crippen LogP contribution is 2.38. The monoisotopic (exact) mass is 505 g/mol. The van der Waals surface area contributed by atoms with Crippen LogP contribution < -0.4 is 5.32 Å². The van der Waals surface area contributed by atoms with E-state index in [4.69, 9.17) is 0 Å². The van der Waals surface area contributed by atoms with Crippen LogP contribution in [0.4, 0.5) is 5.69 Å². The van der Waals surface area contributed by atoms with Crippen molar-refractivity contribution in [3.8, 4) is 0 Å². The number of halogens is 3. The van der Waals surface area contributed by atoms with E-state index in [2.05, 4.69) is 90.1 Å². The van der Waals surface area contributed by atoms with E-state index >= 15 is 0 Å². The van der Waals surface area contributed by atoms with Gasteiger partial charge in [-0.05, 0) is 63.5 Å². The molecule has 1 N–H and O–H groups in total. The zero-order valence-electron chi connectivity index (χ0n) is 10.3. The second kappa shape index (κ2) is 5.77. The van der Waals surface area contributed by atoms with Crippen LogP contribution >= 0.6 is 54.5 Å². The Morgan fingerprint density at radius 3 is 2.80 bits per heavy atom.